The third-order valence-corrected chi connectivity index (χ3v) is 6.68. The van der Waals surface area contributed by atoms with E-state index in [9.17, 15) is 13.6 Å². The molecule has 158 valence electrons. The predicted octanol–water partition coefficient (Wildman–Crippen LogP) is 4.67. The molecule has 3 heterocycles. The second kappa shape index (κ2) is 8.33. The quantitative estimate of drug-likeness (QED) is 0.472. The Morgan fingerprint density at radius 2 is 2.06 bits per heavy atom. The van der Waals surface area contributed by atoms with Gasteiger partial charge in [0.25, 0.3) is 11.3 Å². The van der Waals surface area contributed by atoms with E-state index < -0.39 is 11.3 Å². The Labute approximate surface area is 186 Å². The fourth-order valence-electron chi connectivity index (χ4n) is 3.55. The molecule has 1 amide bonds. The molecule has 31 heavy (non-hydrogen) atoms. The average Bonchev–Trinajstić information content (AvgIpc) is 3.52. The van der Waals surface area contributed by atoms with Gasteiger partial charge in [-0.3, -0.25) is 9.35 Å². The largest absolute Gasteiger partial charge is 0.346 e. The van der Waals surface area contributed by atoms with Gasteiger partial charge in [0.2, 0.25) is 5.91 Å². The summed E-state index contributed by atoms with van der Waals surface area (Å²) in [7, 11) is 0. The lowest BCUT2D eigenvalue weighted by molar-refractivity contribution is -0.117. The SMILES string of the molecule is O=C(Nc1cc(-c2ccc(N(C3=CCSC=C3)S(=O)O)cc2)c2cc[nH]c2n1)C1CC1. The van der Waals surface area contributed by atoms with Crippen LogP contribution < -0.4 is 9.62 Å². The summed E-state index contributed by atoms with van der Waals surface area (Å²) in [6.07, 6.45) is 7.43. The Bertz CT molecular complexity index is 1230. The van der Waals surface area contributed by atoms with E-state index in [-0.39, 0.29) is 11.8 Å². The number of carbonyl (C=O) groups excluding carboxylic acids is 1. The molecule has 1 aromatic carbocycles. The number of rotatable bonds is 6. The van der Waals surface area contributed by atoms with E-state index in [1.165, 1.54) is 4.31 Å². The van der Waals surface area contributed by atoms with Crippen molar-refractivity contribution < 1.29 is 13.6 Å². The molecule has 1 unspecified atom stereocenters. The van der Waals surface area contributed by atoms with Gasteiger partial charge in [0.05, 0.1) is 11.4 Å². The highest BCUT2D eigenvalue weighted by Crippen LogP contribution is 2.34. The van der Waals surface area contributed by atoms with Gasteiger partial charge in [0.15, 0.2) is 0 Å². The number of anilines is 2. The molecule has 0 spiro atoms. The number of nitrogens with one attached hydrogen (secondary N) is 2. The van der Waals surface area contributed by atoms with E-state index in [4.69, 9.17) is 0 Å². The van der Waals surface area contributed by atoms with Crippen molar-refractivity contribution in [3.8, 4) is 11.1 Å². The molecule has 3 N–H and O–H groups in total. The number of aromatic nitrogens is 2. The maximum atomic E-state index is 12.2. The van der Waals surface area contributed by atoms with Crippen molar-refractivity contribution in [2.45, 2.75) is 12.8 Å². The average molecular weight is 453 g/mol. The summed E-state index contributed by atoms with van der Waals surface area (Å²) in [5.41, 5.74) is 3.85. The molecule has 1 fully saturated rings. The summed E-state index contributed by atoms with van der Waals surface area (Å²) in [4.78, 5) is 19.8. The van der Waals surface area contributed by atoms with Crippen LogP contribution in [0.3, 0.4) is 0 Å². The molecule has 1 saturated carbocycles. The number of aromatic amines is 1. The van der Waals surface area contributed by atoms with Crippen molar-refractivity contribution in [3.05, 3.63) is 65.9 Å². The molecule has 2 aromatic heterocycles. The van der Waals surface area contributed by atoms with Gasteiger partial charge in [0.1, 0.15) is 11.5 Å². The number of nitrogens with zero attached hydrogens (tertiary/aromatic N) is 2. The Kier molecular flexibility index (Phi) is 5.39. The van der Waals surface area contributed by atoms with Crippen LogP contribution in [0.4, 0.5) is 11.5 Å². The first-order valence-corrected chi connectivity index (χ1v) is 12.0. The molecular weight excluding hydrogens is 432 g/mol. The van der Waals surface area contributed by atoms with E-state index >= 15 is 0 Å². The first kappa shape index (κ1) is 20.0. The normalized spacial score (nSPS) is 16.7. The highest BCUT2D eigenvalue weighted by molar-refractivity contribution is 8.02. The van der Waals surface area contributed by atoms with Crippen molar-refractivity contribution in [1.82, 2.24) is 9.97 Å². The number of pyridine rings is 1. The van der Waals surface area contributed by atoms with E-state index in [0.717, 1.165) is 35.1 Å². The summed E-state index contributed by atoms with van der Waals surface area (Å²) >= 11 is -0.553. The molecule has 1 aliphatic heterocycles. The second-order valence-electron chi connectivity index (χ2n) is 7.40. The Balaban J connectivity index is 1.49. The van der Waals surface area contributed by atoms with Gasteiger partial charge in [-0.05, 0) is 65.8 Å². The molecule has 1 atom stereocenters. The number of fused-ring (bicyclic) bond motifs is 1. The summed E-state index contributed by atoms with van der Waals surface area (Å²) in [6, 6.07) is 11.3. The maximum absolute atomic E-state index is 12.2. The molecule has 0 radical (unpaired) electrons. The number of benzene rings is 1. The van der Waals surface area contributed by atoms with Gasteiger partial charge in [-0.1, -0.05) is 12.1 Å². The first-order chi connectivity index (χ1) is 15.1. The van der Waals surface area contributed by atoms with Crippen LogP contribution in [0.5, 0.6) is 0 Å². The molecule has 0 bridgehead atoms. The number of thioether (sulfide) groups is 1. The van der Waals surface area contributed by atoms with E-state index in [1.807, 2.05) is 60.2 Å². The Hall–Kier alpha value is -2.88. The van der Waals surface area contributed by atoms with Crippen LogP contribution in [0.1, 0.15) is 12.8 Å². The van der Waals surface area contributed by atoms with E-state index in [0.29, 0.717) is 22.8 Å². The van der Waals surface area contributed by atoms with E-state index in [2.05, 4.69) is 15.3 Å². The molecule has 2 aliphatic rings. The van der Waals surface area contributed by atoms with Gasteiger partial charge < -0.3 is 10.3 Å². The van der Waals surface area contributed by atoms with Gasteiger partial charge in [-0.15, -0.1) is 11.8 Å². The molecule has 3 aromatic rings. The Morgan fingerprint density at radius 1 is 1.26 bits per heavy atom. The van der Waals surface area contributed by atoms with Crippen molar-refractivity contribution >= 4 is 51.5 Å². The van der Waals surface area contributed by atoms with Crippen LogP contribution in [0.2, 0.25) is 0 Å². The highest BCUT2D eigenvalue weighted by Gasteiger charge is 2.30. The molecule has 9 heteroatoms. The smallest absolute Gasteiger partial charge is 0.266 e. The van der Waals surface area contributed by atoms with Crippen LogP contribution >= 0.6 is 11.8 Å². The van der Waals surface area contributed by atoms with Crippen molar-refractivity contribution in [1.29, 1.82) is 0 Å². The van der Waals surface area contributed by atoms with Gasteiger partial charge >= 0.3 is 0 Å². The van der Waals surface area contributed by atoms with Crippen LogP contribution in [0.25, 0.3) is 22.2 Å². The molecule has 5 rings (SSSR count). The van der Waals surface area contributed by atoms with E-state index in [1.54, 1.807) is 11.8 Å². The van der Waals surface area contributed by atoms with Gasteiger partial charge in [-0.2, -0.15) is 0 Å². The number of H-pyrrole nitrogens is 1. The lowest BCUT2D eigenvalue weighted by Crippen LogP contribution is -2.24. The lowest BCUT2D eigenvalue weighted by atomic mass is 10.0. The summed E-state index contributed by atoms with van der Waals surface area (Å²) in [6.45, 7) is 0. The van der Waals surface area contributed by atoms with Crippen molar-refractivity contribution in [2.75, 3.05) is 15.4 Å². The molecule has 7 nitrogen and oxygen atoms in total. The maximum Gasteiger partial charge on any atom is 0.266 e. The number of amides is 1. The number of allylic oxidation sites excluding steroid dienone is 1. The first-order valence-electron chi connectivity index (χ1n) is 9.89. The lowest BCUT2D eigenvalue weighted by Gasteiger charge is -2.22. The zero-order valence-electron chi connectivity index (χ0n) is 16.4. The summed E-state index contributed by atoms with van der Waals surface area (Å²) in [5, 5.41) is 5.77. The second-order valence-corrected chi connectivity index (χ2v) is 9.16. The van der Waals surface area contributed by atoms with Crippen LogP contribution in [-0.4, -0.2) is 30.4 Å². The van der Waals surface area contributed by atoms with Crippen LogP contribution in [0.15, 0.2) is 65.9 Å². The number of hydrogen-bond donors (Lipinski definition) is 3. The van der Waals surface area contributed by atoms with Crippen LogP contribution in [-0.2, 0) is 16.1 Å². The topological polar surface area (TPSA) is 98.3 Å². The Morgan fingerprint density at radius 3 is 2.74 bits per heavy atom. The fourth-order valence-corrected chi connectivity index (χ4v) is 4.78. The van der Waals surface area contributed by atoms with Gasteiger partial charge in [0, 0.05) is 23.3 Å². The summed E-state index contributed by atoms with van der Waals surface area (Å²) < 4.78 is 23.2. The van der Waals surface area contributed by atoms with Crippen molar-refractivity contribution in [2.24, 2.45) is 5.92 Å². The van der Waals surface area contributed by atoms with Crippen LogP contribution in [0, 0.1) is 5.92 Å². The van der Waals surface area contributed by atoms with Crippen molar-refractivity contribution in [3.63, 3.8) is 0 Å². The predicted molar refractivity (Wildman–Crippen MR) is 126 cm³/mol. The highest BCUT2D eigenvalue weighted by atomic mass is 32.2. The monoisotopic (exact) mass is 452 g/mol. The minimum absolute atomic E-state index is 0.00717. The zero-order valence-corrected chi connectivity index (χ0v) is 18.1. The minimum Gasteiger partial charge on any atom is -0.346 e. The third-order valence-electron chi connectivity index (χ3n) is 5.26. The minimum atomic E-state index is -2.19. The fraction of sp³-hybridized carbons (Fsp3) is 0.182. The zero-order chi connectivity index (χ0) is 21.4. The standard InChI is InChI=1S/C22H20N4O3S2/c27-22(15-1-2-15)25-20-13-19(18-7-10-23-21(18)24-20)14-3-5-16(6-4-14)26(31(28)29)17-8-11-30-12-9-17/h3-11,13,15H,1-2,12H2,(H,28,29)(H2,23,24,25,27). The molecule has 0 saturated heterocycles. The van der Waals surface area contributed by atoms with Gasteiger partial charge in [-0.25, -0.2) is 13.5 Å². The molecular formula is C22H20N4O3S2. The molecule has 1 aliphatic carbocycles. The number of hydrogen-bond acceptors (Lipinski definition) is 4. The number of carbonyl (C=O) groups is 1. The third kappa shape index (κ3) is 4.16. The summed E-state index contributed by atoms with van der Waals surface area (Å²) in [5.74, 6) is 1.37.